The zero-order valence-corrected chi connectivity index (χ0v) is 8.63. The van der Waals surface area contributed by atoms with E-state index in [1.165, 1.54) is 5.06 Å². The maximum atomic E-state index is 11.6. The summed E-state index contributed by atoms with van der Waals surface area (Å²) >= 11 is 0. The summed E-state index contributed by atoms with van der Waals surface area (Å²) in [4.78, 5) is 16.8. The van der Waals surface area contributed by atoms with Crippen LogP contribution in [0.15, 0.2) is 30.3 Å². The van der Waals surface area contributed by atoms with Crippen LogP contribution in [0.25, 0.3) is 0 Å². The fourth-order valence-electron chi connectivity index (χ4n) is 1.61. The summed E-state index contributed by atoms with van der Waals surface area (Å²) in [6, 6.07) is 9.59. The fraction of sp³-hybridized carbons (Fsp3) is 0.364. The van der Waals surface area contributed by atoms with Crippen molar-refractivity contribution in [2.24, 2.45) is 0 Å². The standard InChI is InChI=1S/C11H12N2O3/c14-11(12-9-6-15-7-9)13-10(16-13)8-4-2-1-3-5-8/h1-5,9-10H,6-7H2,(H,12,14). The van der Waals surface area contributed by atoms with E-state index in [1.54, 1.807) is 0 Å². The first-order chi connectivity index (χ1) is 7.84. The molecule has 2 aliphatic heterocycles. The summed E-state index contributed by atoms with van der Waals surface area (Å²) in [5.41, 5.74) is 0.988. The molecule has 0 saturated carbocycles. The Kier molecular flexibility index (Phi) is 2.27. The minimum Gasteiger partial charge on any atom is -0.377 e. The second kappa shape index (κ2) is 3.77. The predicted octanol–water partition coefficient (Wildman–Crippen LogP) is 1.04. The zero-order chi connectivity index (χ0) is 11.0. The minimum atomic E-state index is -0.234. The molecule has 1 N–H and O–H groups in total. The van der Waals surface area contributed by atoms with Gasteiger partial charge in [-0.1, -0.05) is 30.3 Å². The predicted molar refractivity (Wildman–Crippen MR) is 55.2 cm³/mol. The molecule has 2 heterocycles. The van der Waals surface area contributed by atoms with E-state index in [9.17, 15) is 4.79 Å². The van der Waals surface area contributed by atoms with Crippen molar-refractivity contribution in [3.63, 3.8) is 0 Å². The highest BCUT2D eigenvalue weighted by Crippen LogP contribution is 2.36. The fourth-order valence-corrected chi connectivity index (χ4v) is 1.61. The van der Waals surface area contributed by atoms with Crippen molar-refractivity contribution in [2.45, 2.75) is 12.3 Å². The van der Waals surface area contributed by atoms with E-state index >= 15 is 0 Å². The van der Waals surface area contributed by atoms with Crippen LogP contribution in [0, 0.1) is 0 Å². The number of benzene rings is 1. The van der Waals surface area contributed by atoms with Crippen molar-refractivity contribution >= 4 is 6.03 Å². The van der Waals surface area contributed by atoms with E-state index in [0.29, 0.717) is 13.2 Å². The third kappa shape index (κ3) is 1.75. The molecule has 1 aromatic rings. The first-order valence-corrected chi connectivity index (χ1v) is 5.24. The van der Waals surface area contributed by atoms with E-state index in [1.807, 2.05) is 30.3 Å². The van der Waals surface area contributed by atoms with E-state index in [4.69, 9.17) is 9.57 Å². The maximum Gasteiger partial charge on any atom is 0.344 e. The molecular weight excluding hydrogens is 208 g/mol. The number of hydrogen-bond acceptors (Lipinski definition) is 3. The summed E-state index contributed by atoms with van der Waals surface area (Å²) in [6.45, 7) is 1.19. The van der Waals surface area contributed by atoms with Crippen molar-refractivity contribution < 1.29 is 14.4 Å². The number of carbonyl (C=O) groups excluding carboxylic acids is 1. The van der Waals surface area contributed by atoms with Crippen LogP contribution in [-0.4, -0.2) is 30.3 Å². The van der Waals surface area contributed by atoms with Gasteiger partial charge >= 0.3 is 6.03 Å². The molecule has 1 aromatic carbocycles. The molecule has 5 heteroatoms. The van der Waals surface area contributed by atoms with Crippen LogP contribution in [0.4, 0.5) is 4.79 Å². The van der Waals surface area contributed by atoms with Crippen molar-refractivity contribution in [3.05, 3.63) is 35.9 Å². The molecule has 0 bridgehead atoms. The van der Waals surface area contributed by atoms with Crippen molar-refractivity contribution in [2.75, 3.05) is 13.2 Å². The van der Waals surface area contributed by atoms with Gasteiger partial charge in [-0.25, -0.2) is 9.63 Å². The van der Waals surface area contributed by atoms with Gasteiger partial charge in [-0.2, -0.15) is 5.06 Å². The topological polar surface area (TPSA) is 53.9 Å². The van der Waals surface area contributed by atoms with E-state index in [-0.39, 0.29) is 18.3 Å². The Morgan fingerprint density at radius 1 is 1.31 bits per heavy atom. The van der Waals surface area contributed by atoms with Gasteiger partial charge < -0.3 is 10.1 Å². The molecule has 1 unspecified atom stereocenters. The number of ether oxygens (including phenoxy) is 1. The lowest BCUT2D eigenvalue weighted by atomic mass is 10.2. The number of nitrogens with one attached hydrogen (secondary N) is 1. The summed E-state index contributed by atoms with van der Waals surface area (Å²) in [6.07, 6.45) is -0.234. The van der Waals surface area contributed by atoms with Crippen molar-refractivity contribution in [3.8, 4) is 0 Å². The van der Waals surface area contributed by atoms with Gasteiger partial charge in [0.05, 0.1) is 19.3 Å². The van der Waals surface area contributed by atoms with E-state index in [2.05, 4.69) is 5.32 Å². The molecule has 2 saturated heterocycles. The highest BCUT2D eigenvalue weighted by atomic mass is 16.8. The number of urea groups is 1. The van der Waals surface area contributed by atoms with Gasteiger partial charge in [-0.3, -0.25) is 0 Å². The molecule has 0 aromatic heterocycles. The van der Waals surface area contributed by atoms with Crippen LogP contribution in [0.1, 0.15) is 11.8 Å². The van der Waals surface area contributed by atoms with E-state index in [0.717, 1.165) is 5.56 Å². The Hall–Kier alpha value is -1.59. The maximum absolute atomic E-state index is 11.6. The molecule has 16 heavy (non-hydrogen) atoms. The van der Waals surface area contributed by atoms with Crippen LogP contribution in [0.5, 0.6) is 0 Å². The average Bonchev–Trinajstić information content (AvgIpc) is 3.04. The number of carbonyl (C=O) groups is 1. The lowest BCUT2D eigenvalue weighted by molar-refractivity contribution is -0.00232. The summed E-state index contributed by atoms with van der Waals surface area (Å²) in [5.74, 6) is 0. The van der Waals surface area contributed by atoms with Gasteiger partial charge in [0.2, 0.25) is 6.23 Å². The van der Waals surface area contributed by atoms with Crippen LogP contribution >= 0.6 is 0 Å². The second-order valence-electron chi connectivity index (χ2n) is 3.88. The Balaban J connectivity index is 1.57. The van der Waals surface area contributed by atoms with Crippen molar-refractivity contribution in [1.29, 1.82) is 0 Å². The highest BCUT2D eigenvalue weighted by Gasteiger charge is 2.43. The van der Waals surface area contributed by atoms with Crippen LogP contribution < -0.4 is 5.32 Å². The van der Waals surface area contributed by atoms with Gasteiger partial charge in [0.15, 0.2) is 0 Å². The van der Waals surface area contributed by atoms with Gasteiger partial charge in [0.25, 0.3) is 0 Å². The van der Waals surface area contributed by atoms with Gasteiger partial charge in [-0.15, -0.1) is 0 Å². The lowest BCUT2D eigenvalue weighted by Crippen LogP contribution is -2.49. The summed E-state index contributed by atoms with van der Waals surface area (Å²) in [7, 11) is 0. The van der Waals surface area contributed by atoms with Crippen LogP contribution in [0.3, 0.4) is 0 Å². The Morgan fingerprint density at radius 2 is 2.06 bits per heavy atom. The molecule has 0 aliphatic carbocycles. The number of hydrogen-bond donors (Lipinski definition) is 1. The normalized spacial score (nSPS) is 23.8. The van der Waals surface area contributed by atoms with Crippen LogP contribution in [0.2, 0.25) is 0 Å². The number of rotatable bonds is 2. The molecule has 2 aliphatic rings. The first-order valence-electron chi connectivity index (χ1n) is 5.24. The van der Waals surface area contributed by atoms with E-state index < -0.39 is 0 Å². The zero-order valence-electron chi connectivity index (χ0n) is 8.63. The first kappa shape index (κ1) is 9.62. The molecule has 3 rings (SSSR count). The molecular formula is C11H12N2O3. The Morgan fingerprint density at radius 3 is 2.69 bits per heavy atom. The van der Waals surface area contributed by atoms with Gasteiger partial charge in [0.1, 0.15) is 0 Å². The number of nitrogens with zero attached hydrogens (tertiary/aromatic N) is 1. The Bertz CT molecular complexity index is 391. The minimum absolute atomic E-state index is 0.133. The third-order valence-electron chi connectivity index (χ3n) is 2.63. The van der Waals surface area contributed by atoms with Crippen LogP contribution in [-0.2, 0) is 9.57 Å². The molecule has 0 radical (unpaired) electrons. The molecule has 84 valence electrons. The lowest BCUT2D eigenvalue weighted by Gasteiger charge is -2.26. The SMILES string of the molecule is O=C(NC1COC1)N1OC1c1ccccc1. The molecule has 0 spiro atoms. The number of amides is 2. The van der Waals surface area contributed by atoms with Gasteiger partial charge in [0, 0.05) is 5.56 Å². The highest BCUT2D eigenvalue weighted by molar-refractivity contribution is 5.75. The second-order valence-corrected chi connectivity index (χ2v) is 3.88. The molecule has 1 atom stereocenters. The Labute approximate surface area is 92.9 Å². The van der Waals surface area contributed by atoms with Gasteiger partial charge in [-0.05, 0) is 0 Å². The monoisotopic (exact) mass is 220 g/mol. The molecule has 5 nitrogen and oxygen atoms in total. The smallest absolute Gasteiger partial charge is 0.344 e. The third-order valence-corrected chi connectivity index (χ3v) is 2.63. The number of hydroxylamine groups is 2. The quantitative estimate of drug-likeness (QED) is 0.758. The summed E-state index contributed by atoms with van der Waals surface area (Å²) < 4.78 is 4.97. The molecule has 2 amide bonds. The average molecular weight is 220 g/mol. The molecule has 2 fully saturated rings. The summed E-state index contributed by atoms with van der Waals surface area (Å²) in [5, 5.41) is 4.16. The largest absolute Gasteiger partial charge is 0.377 e. The van der Waals surface area contributed by atoms with Crippen molar-refractivity contribution in [1.82, 2.24) is 10.4 Å².